The molecular weight excluding hydrogens is 288 g/mol. The van der Waals surface area contributed by atoms with Gasteiger partial charge in [-0.25, -0.2) is 16.8 Å². The summed E-state index contributed by atoms with van der Waals surface area (Å²) in [4.78, 5) is 0. The van der Waals surface area contributed by atoms with E-state index < -0.39 is 24.9 Å². The van der Waals surface area contributed by atoms with Gasteiger partial charge >= 0.3 is 0 Å². The number of hydrogen-bond donors (Lipinski definition) is 1. The highest BCUT2D eigenvalue weighted by atomic mass is 32.3. The molecule has 1 aromatic carbocycles. The van der Waals surface area contributed by atoms with Gasteiger partial charge in [0.1, 0.15) is 0 Å². The van der Waals surface area contributed by atoms with Gasteiger partial charge in [0.05, 0.1) is 0 Å². The van der Waals surface area contributed by atoms with Crippen LogP contribution in [0.1, 0.15) is 12.5 Å². The van der Waals surface area contributed by atoms with Crippen molar-refractivity contribution in [2.75, 3.05) is 23.6 Å². The molecule has 0 bridgehead atoms. The Labute approximate surface area is 114 Å². The van der Waals surface area contributed by atoms with E-state index in [1.165, 1.54) is 0 Å². The van der Waals surface area contributed by atoms with Crippen molar-refractivity contribution in [1.29, 1.82) is 0 Å². The maximum atomic E-state index is 12.0. The molecule has 0 atom stereocenters. The first kappa shape index (κ1) is 15.9. The highest BCUT2D eigenvalue weighted by Crippen LogP contribution is 2.13. The van der Waals surface area contributed by atoms with Gasteiger partial charge in [-0.1, -0.05) is 19.1 Å². The Hall–Kier alpha value is -1.12. The maximum absolute atomic E-state index is 12.0. The summed E-state index contributed by atoms with van der Waals surface area (Å²) in [6, 6.07) is 6.83. The molecule has 0 heterocycles. The standard InChI is InChI=1S/C11H18N2O4S2/c1-3-13(19(16,17)9-18(2,14)15)8-10-5-4-6-11(12)7-10/h4-7H,3,8-9,12H2,1-2H3. The summed E-state index contributed by atoms with van der Waals surface area (Å²) < 4.78 is 47.4. The largest absolute Gasteiger partial charge is 0.399 e. The number of rotatable bonds is 6. The minimum absolute atomic E-state index is 0.111. The van der Waals surface area contributed by atoms with E-state index in [0.29, 0.717) is 5.69 Å². The fraction of sp³-hybridized carbons (Fsp3) is 0.455. The Morgan fingerprint density at radius 1 is 1.21 bits per heavy atom. The Morgan fingerprint density at radius 3 is 2.32 bits per heavy atom. The van der Waals surface area contributed by atoms with Gasteiger partial charge in [-0.05, 0) is 17.7 Å². The zero-order valence-electron chi connectivity index (χ0n) is 10.9. The third-order valence-corrected chi connectivity index (χ3v) is 6.50. The highest BCUT2D eigenvalue weighted by Gasteiger charge is 2.25. The van der Waals surface area contributed by atoms with Crippen LogP contribution in [0.15, 0.2) is 24.3 Å². The number of sulfone groups is 1. The molecule has 6 nitrogen and oxygen atoms in total. The molecule has 0 aromatic heterocycles. The molecule has 108 valence electrons. The van der Waals surface area contributed by atoms with Crippen LogP contribution in [0.25, 0.3) is 0 Å². The Balaban J connectivity index is 2.96. The SMILES string of the molecule is CCN(Cc1cccc(N)c1)S(=O)(=O)CS(C)(=O)=O. The fourth-order valence-electron chi connectivity index (χ4n) is 1.65. The molecule has 0 aliphatic carbocycles. The van der Waals surface area contributed by atoms with Crippen LogP contribution in [-0.4, -0.2) is 39.0 Å². The average molecular weight is 306 g/mol. The van der Waals surface area contributed by atoms with Crippen molar-refractivity contribution >= 4 is 25.5 Å². The van der Waals surface area contributed by atoms with Crippen LogP contribution in [-0.2, 0) is 26.4 Å². The van der Waals surface area contributed by atoms with Crippen molar-refractivity contribution in [3.05, 3.63) is 29.8 Å². The second-order valence-corrected chi connectivity index (χ2v) is 8.80. The first-order chi connectivity index (χ1) is 8.64. The number of anilines is 1. The number of sulfonamides is 1. The summed E-state index contributed by atoms with van der Waals surface area (Å²) in [7, 11) is -7.43. The number of hydrogen-bond acceptors (Lipinski definition) is 5. The molecule has 1 rings (SSSR count). The molecule has 0 spiro atoms. The first-order valence-corrected chi connectivity index (χ1v) is 9.31. The maximum Gasteiger partial charge on any atom is 0.228 e. The summed E-state index contributed by atoms with van der Waals surface area (Å²) in [5.41, 5.74) is 6.88. The average Bonchev–Trinajstić information content (AvgIpc) is 2.22. The van der Waals surface area contributed by atoms with Gasteiger partial charge in [-0.3, -0.25) is 0 Å². The third-order valence-electron chi connectivity index (χ3n) is 2.42. The lowest BCUT2D eigenvalue weighted by Gasteiger charge is -2.20. The van der Waals surface area contributed by atoms with Gasteiger partial charge in [0.15, 0.2) is 14.9 Å². The Kier molecular flexibility index (Phi) is 4.94. The molecule has 2 N–H and O–H groups in total. The molecule has 19 heavy (non-hydrogen) atoms. The van der Waals surface area contributed by atoms with Gasteiger partial charge in [0.2, 0.25) is 10.0 Å². The van der Waals surface area contributed by atoms with Crippen LogP contribution in [0.3, 0.4) is 0 Å². The molecule has 0 aliphatic heterocycles. The second kappa shape index (κ2) is 5.89. The topological polar surface area (TPSA) is 97.5 Å². The third kappa shape index (κ3) is 5.17. The van der Waals surface area contributed by atoms with E-state index in [9.17, 15) is 16.8 Å². The summed E-state index contributed by atoms with van der Waals surface area (Å²) in [6.07, 6.45) is 0.902. The molecule has 0 amide bonds. The van der Waals surface area contributed by atoms with Crippen molar-refractivity contribution in [1.82, 2.24) is 4.31 Å². The minimum atomic E-state index is -3.84. The molecule has 0 saturated heterocycles. The molecule has 1 aromatic rings. The van der Waals surface area contributed by atoms with Gasteiger partial charge in [0.25, 0.3) is 0 Å². The normalized spacial score (nSPS) is 12.8. The molecular formula is C11H18N2O4S2. The number of benzene rings is 1. The van der Waals surface area contributed by atoms with Crippen LogP contribution < -0.4 is 5.73 Å². The van der Waals surface area contributed by atoms with E-state index in [-0.39, 0.29) is 13.1 Å². The lowest BCUT2D eigenvalue weighted by Crippen LogP contribution is -2.34. The Morgan fingerprint density at radius 2 is 1.84 bits per heavy atom. The smallest absolute Gasteiger partial charge is 0.228 e. The van der Waals surface area contributed by atoms with E-state index in [0.717, 1.165) is 16.1 Å². The summed E-state index contributed by atoms with van der Waals surface area (Å²) in [5.74, 6) is 0. The predicted octanol–water partition coefficient (Wildman–Crippen LogP) is 0.423. The lowest BCUT2D eigenvalue weighted by atomic mass is 10.2. The van der Waals surface area contributed by atoms with Crippen LogP contribution in [0, 0.1) is 0 Å². The number of nitrogens with zero attached hydrogens (tertiary/aromatic N) is 1. The molecule has 0 radical (unpaired) electrons. The predicted molar refractivity (Wildman–Crippen MR) is 75.6 cm³/mol. The molecule has 0 fully saturated rings. The highest BCUT2D eigenvalue weighted by molar-refractivity contribution is 8.06. The molecule has 0 aliphatic rings. The second-order valence-electron chi connectivity index (χ2n) is 4.33. The van der Waals surface area contributed by atoms with Gasteiger partial charge in [-0.15, -0.1) is 0 Å². The molecule has 0 unspecified atom stereocenters. The zero-order chi connectivity index (χ0) is 14.7. The van der Waals surface area contributed by atoms with Gasteiger partial charge in [-0.2, -0.15) is 4.31 Å². The minimum Gasteiger partial charge on any atom is -0.399 e. The summed E-state index contributed by atoms with van der Waals surface area (Å²) >= 11 is 0. The van der Waals surface area contributed by atoms with Crippen LogP contribution in [0.2, 0.25) is 0 Å². The summed E-state index contributed by atoms with van der Waals surface area (Å²) in [6.45, 7) is 1.97. The van der Waals surface area contributed by atoms with Crippen LogP contribution in [0.5, 0.6) is 0 Å². The van der Waals surface area contributed by atoms with E-state index in [2.05, 4.69) is 0 Å². The van der Waals surface area contributed by atoms with Crippen molar-refractivity contribution in [2.24, 2.45) is 0 Å². The fourth-order valence-corrected chi connectivity index (χ4v) is 5.15. The Bertz CT molecular complexity index is 638. The van der Waals surface area contributed by atoms with Gasteiger partial charge < -0.3 is 5.73 Å². The lowest BCUT2D eigenvalue weighted by molar-refractivity contribution is 0.426. The monoisotopic (exact) mass is 306 g/mol. The zero-order valence-corrected chi connectivity index (χ0v) is 12.5. The van der Waals surface area contributed by atoms with Gasteiger partial charge in [0, 0.05) is 25.0 Å². The van der Waals surface area contributed by atoms with E-state index in [1.54, 1.807) is 31.2 Å². The number of nitrogen functional groups attached to an aromatic ring is 1. The van der Waals surface area contributed by atoms with Crippen LogP contribution in [0.4, 0.5) is 5.69 Å². The van der Waals surface area contributed by atoms with Crippen LogP contribution >= 0.6 is 0 Å². The van der Waals surface area contributed by atoms with E-state index in [1.807, 2.05) is 0 Å². The first-order valence-electron chi connectivity index (χ1n) is 5.64. The summed E-state index contributed by atoms with van der Waals surface area (Å²) in [5, 5.41) is -0.879. The van der Waals surface area contributed by atoms with E-state index >= 15 is 0 Å². The molecule has 8 heteroatoms. The van der Waals surface area contributed by atoms with Crippen molar-refractivity contribution < 1.29 is 16.8 Å². The molecule has 0 saturated carbocycles. The van der Waals surface area contributed by atoms with Crippen molar-refractivity contribution in [2.45, 2.75) is 13.5 Å². The quantitative estimate of drug-likeness (QED) is 0.768. The van der Waals surface area contributed by atoms with E-state index in [4.69, 9.17) is 5.73 Å². The number of nitrogens with two attached hydrogens (primary N) is 1. The van der Waals surface area contributed by atoms with Crippen molar-refractivity contribution in [3.63, 3.8) is 0 Å². The van der Waals surface area contributed by atoms with Crippen molar-refractivity contribution in [3.8, 4) is 0 Å².